The molecule has 0 bridgehead atoms. The number of hydrogen-bond donors (Lipinski definition) is 1. The predicted molar refractivity (Wildman–Crippen MR) is 101 cm³/mol. The normalized spacial score (nSPS) is 14.7. The summed E-state index contributed by atoms with van der Waals surface area (Å²) in [6.45, 7) is 2.91. The number of carbonyl (C=O) groups is 1. The summed E-state index contributed by atoms with van der Waals surface area (Å²) >= 11 is 3.29. The Morgan fingerprint density at radius 2 is 1.96 bits per heavy atom. The first-order valence-electron chi connectivity index (χ1n) is 7.99. The fraction of sp³-hybridized carbons (Fsp3) is 0.211. The van der Waals surface area contributed by atoms with E-state index >= 15 is 0 Å². The van der Waals surface area contributed by atoms with E-state index in [-0.39, 0.29) is 11.7 Å². The second kappa shape index (κ2) is 8.27. The summed E-state index contributed by atoms with van der Waals surface area (Å²) in [6.07, 6.45) is 2.80. The third-order valence-electron chi connectivity index (χ3n) is 3.89. The van der Waals surface area contributed by atoms with Gasteiger partial charge in [0.15, 0.2) is 0 Å². The summed E-state index contributed by atoms with van der Waals surface area (Å²) in [6, 6.07) is 12.2. The molecule has 0 saturated carbocycles. The second-order valence-corrected chi connectivity index (χ2v) is 6.52. The van der Waals surface area contributed by atoms with Crippen molar-refractivity contribution in [1.82, 2.24) is 0 Å². The average Bonchev–Trinajstić information content (AvgIpc) is 2.64. The van der Waals surface area contributed by atoms with Crippen molar-refractivity contribution in [3.05, 3.63) is 64.4 Å². The van der Waals surface area contributed by atoms with Gasteiger partial charge in [0, 0.05) is 29.2 Å². The third-order valence-corrected chi connectivity index (χ3v) is 4.38. The lowest BCUT2D eigenvalue weighted by Gasteiger charge is -2.30. The number of nitrogens with one attached hydrogen (secondary N) is 1. The largest absolute Gasteiger partial charge is 0.378 e. The van der Waals surface area contributed by atoms with Gasteiger partial charge in [-0.25, -0.2) is 4.39 Å². The van der Waals surface area contributed by atoms with Gasteiger partial charge in [0.05, 0.1) is 24.6 Å². The van der Waals surface area contributed by atoms with Crippen LogP contribution in [0.4, 0.5) is 15.8 Å². The number of nitrogens with zero attached hydrogens (tertiary/aromatic N) is 1. The van der Waals surface area contributed by atoms with Crippen LogP contribution in [0.25, 0.3) is 6.08 Å². The molecule has 0 atom stereocenters. The summed E-state index contributed by atoms with van der Waals surface area (Å²) in [7, 11) is 0. The first kappa shape index (κ1) is 17.6. The van der Waals surface area contributed by atoms with Gasteiger partial charge >= 0.3 is 0 Å². The number of hydrogen-bond acceptors (Lipinski definition) is 3. The highest BCUT2D eigenvalue weighted by atomic mass is 79.9. The summed E-state index contributed by atoms with van der Waals surface area (Å²) in [5.74, 6) is -0.680. The minimum Gasteiger partial charge on any atom is -0.378 e. The summed E-state index contributed by atoms with van der Waals surface area (Å²) < 4.78 is 19.9. The van der Waals surface area contributed by atoms with E-state index in [0.29, 0.717) is 18.8 Å². The predicted octanol–water partition coefficient (Wildman–Crippen LogP) is 4.08. The fourth-order valence-electron chi connectivity index (χ4n) is 2.64. The molecular weight excluding hydrogens is 387 g/mol. The van der Waals surface area contributed by atoms with Crippen molar-refractivity contribution >= 4 is 39.3 Å². The highest BCUT2D eigenvalue weighted by Crippen LogP contribution is 2.26. The average molecular weight is 405 g/mol. The summed E-state index contributed by atoms with van der Waals surface area (Å²) in [5.41, 5.74) is 2.04. The minimum atomic E-state index is -0.374. The van der Waals surface area contributed by atoms with Crippen LogP contribution >= 0.6 is 15.9 Å². The molecule has 1 aliphatic rings. The maximum Gasteiger partial charge on any atom is 0.248 e. The number of ether oxygens (including phenoxy) is 1. The molecule has 0 radical (unpaired) electrons. The standard InChI is InChI=1S/C19H18BrFN2O2/c20-15-6-7-16(21)14(13-15)5-8-19(24)22-17-3-1-2-4-18(17)23-9-11-25-12-10-23/h1-8,13H,9-12H2,(H,22,24)/b8-5+. The van der Waals surface area contributed by atoms with Crippen molar-refractivity contribution in [3.8, 4) is 0 Å². The van der Waals surface area contributed by atoms with Gasteiger partial charge in [0.1, 0.15) is 5.82 Å². The molecule has 25 heavy (non-hydrogen) atoms. The number of amides is 1. The molecular formula is C19H18BrFN2O2. The van der Waals surface area contributed by atoms with Gasteiger partial charge in [0.2, 0.25) is 5.91 Å². The van der Waals surface area contributed by atoms with Crippen molar-refractivity contribution in [2.75, 3.05) is 36.5 Å². The molecule has 0 spiro atoms. The fourth-order valence-corrected chi connectivity index (χ4v) is 3.02. The van der Waals surface area contributed by atoms with E-state index in [1.807, 2.05) is 24.3 Å². The van der Waals surface area contributed by atoms with E-state index < -0.39 is 0 Å². The Morgan fingerprint density at radius 3 is 2.76 bits per heavy atom. The quantitative estimate of drug-likeness (QED) is 0.780. The van der Waals surface area contributed by atoms with Crippen LogP contribution in [0, 0.1) is 5.82 Å². The molecule has 3 rings (SSSR count). The van der Waals surface area contributed by atoms with Crippen molar-refractivity contribution < 1.29 is 13.9 Å². The highest BCUT2D eigenvalue weighted by molar-refractivity contribution is 9.10. The number of carbonyl (C=O) groups excluding carboxylic acids is 1. The number of halogens is 2. The lowest BCUT2D eigenvalue weighted by molar-refractivity contribution is -0.111. The Hall–Kier alpha value is -2.18. The van der Waals surface area contributed by atoms with Crippen molar-refractivity contribution in [1.29, 1.82) is 0 Å². The van der Waals surface area contributed by atoms with Crippen LogP contribution in [0.2, 0.25) is 0 Å². The van der Waals surface area contributed by atoms with E-state index in [4.69, 9.17) is 4.74 Å². The minimum absolute atomic E-state index is 0.305. The van der Waals surface area contributed by atoms with E-state index in [2.05, 4.69) is 26.1 Å². The van der Waals surface area contributed by atoms with Crippen LogP contribution in [0.1, 0.15) is 5.56 Å². The lowest BCUT2D eigenvalue weighted by Crippen LogP contribution is -2.36. The number of anilines is 2. The molecule has 1 heterocycles. The van der Waals surface area contributed by atoms with Gasteiger partial charge in [-0.3, -0.25) is 4.79 Å². The number of rotatable bonds is 4. The van der Waals surface area contributed by atoms with Crippen LogP contribution in [0.5, 0.6) is 0 Å². The molecule has 1 amide bonds. The molecule has 6 heteroatoms. The van der Waals surface area contributed by atoms with Crippen LogP contribution in [-0.4, -0.2) is 32.2 Å². The first-order chi connectivity index (χ1) is 12.1. The lowest BCUT2D eigenvalue weighted by atomic mass is 10.2. The van der Waals surface area contributed by atoms with Gasteiger partial charge in [-0.1, -0.05) is 28.1 Å². The Morgan fingerprint density at radius 1 is 1.20 bits per heavy atom. The van der Waals surface area contributed by atoms with Gasteiger partial charge in [-0.2, -0.15) is 0 Å². The SMILES string of the molecule is O=C(/C=C/c1cc(Br)ccc1F)Nc1ccccc1N1CCOCC1. The zero-order valence-corrected chi connectivity index (χ0v) is 15.1. The molecule has 4 nitrogen and oxygen atoms in total. The molecule has 1 fully saturated rings. The Balaban J connectivity index is 1.73. The Bertz CT molecular complexity index is 789. The van der Waals surface area contributed by atoms with Gasteiger partial charge in [0.25, 0.3) is 0 Å². The zero-order chi connectivity index (χ0) is 17.6. The van der Waals surface area contributed by atoms with Gasteiger partial charge in [-0.05, 0) is 36.4 Å². The topological polar surface area (TPSA) is 41.6 Å². The molecule has 2 aromatic rings. The molecule has 2 aromatic carbocycles. The molecule has 0 aliphatic carbocycles. The van der Waals surface area contributed by atoms with Crippen molar-refractivity contribution in [2.24, 2.45) is 0 Å². The van der Waals surface area contributed by atoms with Crippen LogP contribution in [-0.2, 0) is 9.53 Å². The summed E-state index contributed by atoms with van der Waals surface area (Å²) in [5, 5.41) is 2.87. The molecule has 1 N–H and O–H groups in total. The molecule has 1 saturated heterocycles. The molecule has 1 aliphatic heterocycles. The van der Waals surface area contributed by atoms with E-state index in [9.17, 15) is 9.18 Å². The van der Waals surface area contributed by atoms with Crippen LogP contribution in [0.3, 0.4) is 0 Å². The monoisotopic (exact) mass is 404 g/mol. The molecule has 0 aromatic heterocycles. The van der Waals surface area contributed by atoms with E-state index in [1.165, 1.54) is 18.2 Å². The van der Waals surface area contributed by atoms with E-state index in [1.54, 1.807) is 12.1 Å². The van der Waals surface area contributed by atoms with Gasteiger partial charge < -0.3 is 15.0 Å². The zero-order valence-electron chi connectivity index (χ0n) is 13.5. The Kier molecular flexibility index (Phi) is 5.83. The molecule has 130 valence electrons. The third kappa shape index (κ3) is 4.67. The maximum absolute atomic E-state index is 13.7. The second-order valence-electron chi connectivity index (χ2n) is 5.60. The highest BCUT2D eigenvalue weighted by Gasteiger charge is 2.15. The molecule has 0 unspecified atom stereocenters. The van der Waals surface area contributed by atoms with Crippen molar-refractivity contribution in [2.45, 2.75) is 0 Å². The number of morpholine rings is 1. The van der Waals surface area contributed by atoms with Crippen LogP contribution in [0.15, 0.2) is 53.0 Å². The summed E-state index contributed by atoms with van der Waals surface area (Å²) in [4.78, 5) is 14.4. The maximum atomic E-state index is 13.7. The smallest absolute Gasteiger partial charge is 0.248 e. The Labute approximate surface area is 154 Å². The number of para-hydroxylation sites is 2. The van der Waals surface area contributed by atoms with Gasteiger partial charge in [-0.15, -0.1) is 0 Å². The number of benzene rings is 2. The van der Waals surface area contributed by atoms with E-state index in [0.717, 1.165) is 28.9 Å². The van der Waals surface area contributed by atoms with Crippen LogP contribution < -0.4 is 10.2 Å². The first-order valence-corrected chi connectivity index (χ1v) is 8.78. The van der Waals surface area contributed by atoms with Crippen molar-refractivity contribution in [3.63, 3.8) is 0 Å².